The molecule has 0 atom stereocenters. The summed E-state index contributed by atoms with van der Waals surface area (Å²) in [6, 6.07) is 3.48. The van der Waals surface area contributed by atoms with Gasteiger partial charge in [-0.15, -0.1) is 15.2 Å². The molecule has 0 saturated heterocycles. The lowest BCUT2D eigenvalue weighted by molar-refractivity contribution is 0.551. The van der Waals surface area contributed by atoms with Crippen LogP contribution in [-0.4, -0.2) is 8.42 Å². The van der Waals surface area contributed by atoms with E-state index in [2.05, 4.69) is 0 Å². The highest BCUT2D eigenvalue weighted by Crippen LogP contribution is 2.19. The van der Waals surface area contributed by atoms with Crippen LogP contribution >= 0.6 is 11.3 Å². The van der Waals surface area contributed by atoms with E-state index in [4.69, 9.17) is 0 Å². The van der Waals surface area contributed by atoms with Gasteiger partial charge in [0.1, 0.15) is 5.75 Å². The molecular weight excluding hydrogens is 199 g/mol. The Morgan fingerprint density at radius 1 is 1.42 bits per heavy atom. The molecule has 0 N–H and O–H groups in total. The maximum Gasteiger partial charge on any atom is 0.307 e. The van der Waals surface area contributed by atoms with Crippen molar-refractivity contribution in [1.29, 1.82) is 0 Å². The molecule has 1 aromatic heterocycles. The van der Waals surface area contributed by atoms with Gasteiger partial charge in [0.15, 0.2) is 0 Å². The van der Waals surface area contributed by atoms with Crippen molar-refractivity contribution in [1.82, 2.24) is 0 Å². The summed E-state index contributed by atoms with van der Waals surface area (Å²) >= 11 is 1.34. The molecule has 0 spiro atoms. The van der Waals surface area contributed by atoms with Gasteiger partial charge < -0.3 is 0 Å². The first-order valence-electron chi connectivity index (χ1n) is 3.51. The molecule has 0 bridgehead atoms. The molecule has 0 aliphatic carbocycles. The molecule has 5 heteroatoms. The van der Waals surface area contributed by atoms with Gasteiger partial charge in [-0.2, -0.15) is 8.42 Å². The Hall–Kier alpha value is -0.420. The summed E-state index contributed by atoms with van der Waals surface area (Å²) in [5.41, 5.74) is 0. The second-order valence-electron chi connectivity index (χ2n) is 2.40. The number of thiophene rings is 1. The highest BCUT2D eigenvalue weighted by atomic mass is 32.3. The molecule has 0 aromatic carbocycles. The number of hydrogen-bond donors (Lipinski definition) is 0. The van der Waals surface area contributed by atoms with E-state index in [1.807, 2.05) is 13.0 Å². The Kier molecular flexibility index (Phi) is 2.85. The van der Waals surface area contributed by atoms with Crippen molar-refractivity contribution in [2.45, 2.75) is 19.1 Å². The molecule has 1 heterocycles. The summed E-state index contributed by atoms with van der Waals surface area (Å²) in [4.78, 5) is 1.64. The Labute approximate surface area is 75.3 Å². The molecule has 12 heavy (non-hydrogen) atoms. The fourth-order valence-corrected chi connectivity index (χ4v) is 2.71. The lowest BCUT2D eigenvalue weighted by Crippen LogP contribution is -1.92. The van der Waals surface area contributed by atoms with Crippen molar-refractivity contribution in [2.24, 2.45) is 0 Å². The monoisotopic (exact) mass is 208 g/mol. The summed E-state index contributed by atoms with van der Waals surface area (Å²) in [7, 11) is -4.36. The minimum atomic E-state index is -4.36. The quantitative estimate of drug-likeness (QED) is 0.713. The van der Waals surface area contributed by atoms with Crippen molar-refractivity contribution in [3.05, 3.63) is 21.9 Å². The molecule has 0 saturated carbocycles. The lowest BCUT2D eigenvalue weighted by atomic mass is 10.4. The van der Waals surface area contributed by atoms with Crippen molar-refractivity contribution < 1.29 is 12.3 Å². The van der Waals surface area contributed by atoms with E-state index in [1.54, 1.807) is 6.07 Å². The number of halogens is 1. The van der Waals surface area contributed by atoms with E-state index >= 15 is 0 Å². The molecule has 0 radical (unpaired) electrons. The van der Waals surface area contributed by atoms with Crippen LogP contribution in [0.15, 0.2) is 12.1 Å². The zero-order valence-electron chi connectivity index (χ0n) is 6.58. The fraction of sp³-hybridized carbons (Fsp3) is 0.429. The zero-order chi connectivity index (χ0) is 9.19. The number of aryl methyl sites for hydroxylation is 1. The standard InChI is InChI=1S/C7H9FO2S2/c1-2-6-3-4-7(11-6)5-12(8,9)10/h3-4H,2,5H2,1H3. The summed E-state index contributed by atoms with van der Waals surface area (Å²) < 4.78 is 32.6. The Morgan fingerprint density at radius 3 is 2.42 bits per heavy atom. The van der Waals surface area contributed by atoms with Crippen LogP contribution in [0.1, 0.15) is 16.7 Å². The van der Waals surface area contributed by atoms with Gasteiger partial charge in [0.25, 0.3) is 0 Å². The maximum atomic E-state index is 12.2. The molecular formula is C7H9FO2S2. The topological polar surface area (TPSA) is 34.1 Å². The first-order valence-corrected chi connectivity index (χ1v) is 5.88. The fourth-order valence-electron chi connectivity index (χ4n) is 0.860. The van der Waals surface area contributed by atoms with E-state index in [-0.39, 0.29) is 0 Å². The van der Waals surface area contributed by atoms with Gasteiger partial charge in [-0.25, -0.2) is 0 Å². The first-order chi connectivity index (χ1) is 5.51. The lowest BCUT2D eigenvalue weighted by Gasteiger charge is -1.88. The summed E-state index contributed by atoms with van der Waals surface area (Å²) in [6.07, 6.45) is 0.858. The van der Waals surface area contributed by atoms with Gasteiger partial charge in [0.05, 0.1) is 0 Å². The number of rotatable bonds is 3. The Bertz CT molecular complexity index is 353. The van der Waals surface area contributed by atoms with Crippen LogP contribution in [0.4, 0.5) is 3.89 Å². The van der Waals surface area contributed by atoms with Crippen LogP contribution in [0.3, 0.4) is 0 Å². The minimum absolute atomic E-state index is 0.488. The van der Waals surface area contributed by atoms with Crippen LogP contribution in [0.2, 0.25) is 0 Å². The maximum absolute atomic E-state index is 12.2. The number of hydrogen-bond acceptors (Lipinski definition) is 3. The van der Waals surface area contributed by atoms with Crippen LogP contribution in [-0.2, 0) is 22.4 Å². The van der Waals surface area contributed by atoms with Gasteiger partial charge in [0.2, 0.25) is 0 Å². The minimum Gasteiger partial charge on any atom is -0.194 e. The van der Waals surface area contributed by atoms with E-state index in [0.29, 0.717) is 4.88 Å². The van der Waals surface area contributed by atoms with Crippen molar-refractivity contribution in [3.8, 4) is 0 Å². The molecule has 0 unspecified atom stereocenters. The predicted molar refractivity (Wildman–Crippen MR) is 47.4 cm³/mol. The second kappa shape index (κ2) is 3.53. The molecule has 0 amide bonds. The summed E-state index contributed by atoms with van der Waals surface area (Å²) in [6.45, 7) is 1.97. The second-order valence-corrected chi connectivity index (χ2v) is 5.02. The molecule has 2 nitrogen and oxygen atoms in total. The molecule has 1 aromatic rings. The van der Waals surface area contributed by atoms with Gasteiger partial charge in [-0.05, 0) is 18.6 Å². The molecule has 0 fully saturated rings. The van der Waals surface area contributed by atoms with Gasteiger partial charge in [-0.1, -0.05) is 6.92 Å². The molecule has 0 aliphatic heterocycles. The highest BCUT2D eigenvalue weighted by Gasteiger charge is 2.10. The van der Waals surface area contributed by atoms with E-state index in [0.717, 1.165) is 11.3 Å². The average molecular weight is 208 g/mol. The van der Waals surface area contributed by atoms with Crippen LogP contribution in [0.5, 0.6) is 0 Å². The van der Waals surface area contributed by atoms with Crippen LogP contribution < -0.4 is 0 Å². The van der Waals surface area contributed by atoms with Gasteiger partial charge >= 0.3 is 10.2 Å². The van der Waals surface area contributed by atoms with Crippen molar-refractivity contribution >= 4 is 21.6 Å². The highest BCUT2D eigenvalue weighted by molar-refractivity contribution is 7.85. The Balaban J connectivity index is 2.78. The van der Waals surface area contributed by atoms with Crippen molar-refractivity contribution in [2.75, 3.05) is 0 Å². The third-order valence-electron chi connectivity index (χ3n) is 1.38. The summed E-state index contributed by atoms with van der Waals surface area (Å²) in [5, 5.41) is 0. The largest absolute Gasteiger partial charge is 0.307 e. The molecule has 0 aliphatic rings. The van der Waals surface area contributed by atoms with Gasteiger partial charge in [0, 0.05) is 9.75 Å². The normalized spacial score (nSPS) is 11.8. The first kappa shape index (κ1) is 9.67. The molecule has 68 valence electrons. The van der Waals surface area contributed by atoms with Crippen LogP contribution in [0.25, 0.3) is 0 Å². The van der Waals surface area contributed by atoms with Gasteiger partial charge in [-0.3, -0.25) is 0 Å². The van der Waals surface area contributed by atoms with E-state index in [9.17, 15) is 12.3 Å². The third-order valence-corrected chi connectivity index (χ3v) is 3.45. The van der Waals surface area contributed by atoms with Crippen molar-refractivity contribution in [3.63, 3.8) is 0 Å². The van der Waals surface area contributed by atoms with E-state index < -0.39 is 16.0 Å². The molecule has 1 rings (SSSR count). The Morgan fingerprint density at radius 2 is 2.00 bits per heavy atom. The SMILES string of the molecule is CCc1ccc(CS(=O)(=O)F)s1. The predicted octanol–water partition coefficient (Wildman–Crippen LogP) is 2.11. The third kappa shape index (κ3) is 2.91. The smallest absolute Gasteiger partial charge is 0.194 e. The van der Waals surface area contributed by atoms with E-state index in [1.165, 1.54) is 11.3 Å². The summed E-state index contributed by atoms with van der Waals surface area (Å²) in [5.74, 6) is -0.488. The zero-order valence-corrected chi connectivity index (χ0v) is 8.21. The average Bonchev–Trinajstić information content (AvgIpc) is 2.32. The van der Waals surface area contributed by atoms with Crippen LogP contribution in [0, 0.1) is 0 Å².